The van der Waals surface area contributed by atoms with Crippen LogP contribution in [-0.2, 0) is 0 Å². The summed E-state index contributed by atoms with van der Waals surface area (Å²) in [4.78, 5) is 14.7. The minimum absolute atomic E-state index is 0.154. The van der Waals surface area contributed by atoms with Crippen LogP contribution in [0.25, 0.3) is 0 Å². The van der Waals surface area contributed by atoms with E-state index in [9.17, 15) is 9.18 Å². The Balaban J connectivity index is 2.39. The van der Waals surface area contributed by atoms with Gasteiger partial charge in [-0.3, -0.25) is 4.98 Å². The molecule has 18 heavy (non-hydrogen) atoms. The van der Waals surface area contributed by atoms with E-state index in [1.165, 1.54) is 12.4 Å². The number of benzene rings is 1. The van der Waals surface area contributed by atoms with Gasteiger partial charge in [-0.25, -0.2) is 9.18 Å². The number of pyridine rings is 1. The van der Waals surface area contributed by atoms with E-state index in [0.29, 0.717) is 5.75 Å². The fourth-order valence-corrected chi connectivity index (χ4v) is 1.37. The summed E-state index contributed by atoms with van der Waals surface area (Å²) in [6.45, 7) is 0. The van der Waals surface area contributed by atoms with Gasteiger partial charge in [-0.1, -0.05) is 0 Å². The molecule has 1 aromatic carbocycles. The van der Waals surface area contributed by atoms with Crippen molar-refractivity contribution in [2.24, 2.45) is 0 Å². The van der Waals surface area contributed by atoms with Gasteiger partial charge in [0.25, 0.3) is 0 Å². The predicted molar refractivity (Wildman–Crippen MR) is 62.1 cm³/mol. The molecule has 1 aromatic heterocycles. The van der Waals surface area contributed by atoms with Crippen LogP contribution in [0.1, 0.15) is 10.4 Å². The molecule has 0 amide bonds. The summed E-state index contributed by atoms with van der Waals surface area (Å²) in [7, 11) is 0. The number of aromatic carboxylic acids is 1. The fourth-order valence-electron chi connectivity index (χ4n) is 1.37. The molecule has 92 valence electrons. The molecule has 3 N–H and O–H groups in total. The number of anilines is 1. The number of nitrogens with zero attached hydrogens (tertiary/aromatic N) is 1. The molecule has 0 aliphatic heterocycles. The number of nitrogen functional groups attached to an aromatic ring is 1. The molecule has 2 aromatic rings. The molecular formula is C12H9FN2O3. The van der Waals surface area contributed by atoms with Crippen molar-refractivity contribution in [1.82, 2.24) is 4.98 Å². The third-order valence-corrected chi connectivity index (χ3v) is 2.20. The minimum Gasteiger partial charge on any atom is -0.478 e. The van der Waals surface area contributed by atoms with Crippen LogP contribution in [0.5, 0.6) is 11.5 Å². The van der Waals surface area contributed by atoms with Crippen LogP contribution in [0.4, 0.5) is 10.1 Å². The Morgan fingerprint density at radius 3 is 2.83 bits per heavy atom. The van der Waals surface area contributed by atoms with E-state index in [1.54, 1.807) is 12.1 Å². The highest BCUT2D eigenvalue weighted by Crippen LogP contribution is 2.28. The van der Waals surface area contributed by atoms with Crippen LogP contribution in [0.2, 0.25) is 0 Å². The highest BCUT2D eigenvalue weighted by molar-refractivity contribution is 5.94. The van der Waals surface area contributed by atoms with E-state index < -0.39 is 11.8 Å². The molecule has 0 aliphatic rings. The highest BCUT2D eigenvalue weighted by Gasteiger charge is 2.14. The zero-order valence-corrected chi connectivity index (χ0v) is 9.13. The lowest BCUT2D eigenvalue weighted by atomic mass is 10.1. The van der Waals surface area contributed by atoms with Gasteiger partial charge in [0.1, 0.15) is 5.75 Å². The molecule has 0 spiro atoms. The summed E-state index contributed by atoms with van der Waals surface area (Å²) in [5.41, 5.74) is 5.03. The molecule has 0 saturated carbocycles. The van der Waals surface area contributed by atoms with Crippen LogP contribution in [0.15, 0.2) is 36.7 Å². The van der Waals surface area contributed by atoms with E-state index in [0.717, 1.165) is 12.1 Å². The van der Waals surface area contributed by atoms with Gasteiger partial charge in [0.05, 0.1) is 11.8 Å². The normalized spacial score (nSPS) is 10.1. The molecule has 0 radical (unpaired) electrons. The number of hydrogen-bond acceptors (Lipinski definition) is 4. The van der Waals surface area contributed by atoms with Gasteiger partial charge < -0.3 is 15.6 Å². The fraction of sp³-hybridized carbons (Fsp3) is 0. The molecule has 0 aliphatic carbocycles. The zero-order valence-electron chi connectivity index (χ0n) is 9.13. The maximum atomic E-state index is 13.6. The van der Waals surface area contributed by atoms with Crippen molar-refractivity contribution in [3.8, 4) is 11.5 Å². The van der Waals surface area contributed by atoms with Crippen molar-refractivity contribution in [2.75, 3.05) is 5.73 Å². The third kappa shape index (κ3) is 2.37. The Labute approximate surface area is 102 Å². The average molecular weight is 248 g/mol. The first-order valence-electron chi connectivity index (χ1n) is 4.98. The van der Waals surface area contributed by atoms with E-state index >= 15 is 0 Å². The van der Waals surface area contributed by atoms with Gasteiger partial charge >= 0.3 is 5.97 Å². The lowest BCUT2D eigenvalue weighted by Gasteiger charge is -2.08. The molecule has 0 atom stereocenters. The standard InChI is InChI=1S/C12H9FN2O3/c13-9-5-10(14)8(12(16)17)4-11(9)18-7-2-1-3-15-6-7/h1-6H,14H2,(H,16,17). The van der Waals surface area contributed by atoms with Crippen molar-refractivity contribution >= 4 is 11.7 Å². The number of carboxylic acid groups (broad SMARTS) is 1. The Kier molecular flexibility index (Phi) is 3.09. The van der Waals surface area contributed by atoms with E-state index in [-0.39, 0.29) is 17.0 Å². The number of ether oxygens (including phenoxy) is 1. The SMILES string of the molecule is Nc1cc(F)c(Oc2cccnc2)cc1C(=O)O. The summed E-state index contributed by atoms with van der Waals surface area (Å²) in [5.74, 6) is -1.89. The molecule has 0 fully saturated rings. The van der Waals surface area contributed by atoms with Crippen molar-refractivity contribution in [3.63, 3.8) is 0 Å². The maximum Gasteiger partial charge on any atom is 0.337 e. The Hall–Kier alpha value is -2.63. The highest BCUT2D eigenvalue weighted by atomic mass is 19.1. The summed E-state index contributed by atoms with van der Waals surface area (Å²) < 4.78 is 18.8. The van der Waals surface area contributed by atoms with Crippen molar-refractivity contribution < 1.29 is 19.0 Å². The van der Waals surface area contributed by atoms with E-state index in [4.69, 9.17) is 15.6 Å². The van der Waals surface area contributed by atoms with Gasteiger partial charge in [0, 0.05) is 24.0 Å². The predicted octanol–water partition coefficient (Wildman–Crippen LogP) is 2.29. The number of nitrogens with two attached hydrogens (primary N) is 1. The van der Waals surface area contributed by atoms with E-state index in [1.807, 2.05) is 0 Å². The zero-order chi connectivity index (χ0) is 13.1. The van der Waals surface area contributed by atoms with Gasteiger partial charge in [-0.2, -0.15) is 0 Å². The second kappa shape index (κ2) is 4.70. The smallest absolute Gasteiger partial charge is 0.337 e. The van der Waals surface area contributed by atoms with Crippen LogP contribution in [0, 0.1) is 5.82 Å². The summed E-state index contributed by atoms with van der Waals surface area (Å²) in [6, 6.07) is 5.14. The number of aromatic nitrogens is 1. The van der Waals surface area contributed by atoms with Crippen LogP contribution >= 0.6 is 0 Å². The lowest BCUT2D eigenvalue weighted by Crippen LogP contribution is -2.04. The molecule has 6 heteroatoms. The second-order valence-corrected chi connectivity index (χ2v) is 3.47. The largest absolute Gasteiger partial charge is 0.478 e. The first kappa shape index (κ1) is 11.8. The molecule has 0 bridgehead atoms. The summed E-state index contributed by atoms with van der Waals surface area (Å²) in [5, 5.41) is 8.88. The molecule has 0 unspecified atom stereocenters. The quantitative estimate of drug-likeness (QED) is 0.814. The van der Waals surface area contributed by atoms with Gasteiger partial charge in [0.2, 0.25) is 0 Å². The number of carbonyl (C=O) groups is 1. The third-order valence-electron chi connectivity index (χ3n) is 2.20. The number of rotatable bonds is 3. The number of hydrogen-bond donors (Lipinski definition) is 2. The average Bonchev–Trinajstić information content (AvgIpc) is 2.33. The van der Waals surface area contributed by atoms with Crippen molar-refractivity contribution in [1.29, 1.82) is 0 Å². The second-order valence-electron chi connectivity index (χ2n) is 3.47. The summed E-state index contributed by atoms with van der Waals surface area (Å²) >= 11 is 0. The molecule has 0 saturated heterocycles. The minimum atomic E-state index is -1.25. The van der Waals surface area contributed by atoms with Crippen LogP contribution in [0.3, 0.4) is 0 Å². The van der Waals surface area contributed by atoms with Crippen molar-refractivity contribution in [2.45, 2.75) is 0 Å². The topological polar surface area (TPSA) is 85.4 Å². The van der Waals surface area contributed by atoms with Gasteiger partial charge in [0.15, 0.2) is 11.6 Å². The monoisotopic (exact) mass is 248 g/mol. The molecule has 5 nitrogen and oxygen atoms in total. The Morgan fingerprint density at radius 1 is 1.44 bits per heavy atom. The van der Waals surface area contributed by atoms with E-state index in [2.05, 4.69) is 4.98 Å². The van der Waals surface area contributed by atoms with Crippen LogP contribution in [-0.4, -0.2) is 16.1 Å². The maximum absolute atomic E-state index is 13.6. The first-order valence-corrected chi connectivity index (χ1v) is 4.98. The first-order chi connectivity index (χ1) is 8.58. The number of halogens is 1. The summed E-state index contributed by atoms with van der Waals surface area (Å²) in [6.07, 6.45) is 2.92. The van der Waals surface area contributed by atoms with Crippen LogP contribution < -0.4 is 10.5 Å². The number of carboxylic acids is 1. The van der Waals surface area contributed by atoms with Crippen molar-refractivity contribution in [3.05, 3.63) is 48.0 Å². The lowest BCUT2D eigenvalue weighted by molar-refractivity contribution is 0.0697. The molecular weight excluding hydrogens is 239 g/mol. The Morgan fingerprint density at radius 2 is 2.22 bits per heavy atom. The van der Waals surface area contributed by atoms with Gasteiger partial charge in [-0.15, -0.1) is 0 Å². The molecule has 1 heterocycles. The Bertz CT molecular complexity index is 587. The van der Waals surface area contributed by atoms with Gasteiger partial charge in [-0.05, 0) is 12.1 Å². The molecule has 2 rings (SSSR count).